The number of nitrogens with zero attached hydrogens (tertiary/aromatic N) is 4. The van der Waals surface area contributed by atoms with Gasteiger partial charge in [-0.15, -0.1) is 28.3 Å². The summed E-state index contributed by atoms with van der Waals surface area (Å²) in [6.45, 7) is 0. The van der Waals surface area contributed by atoms with Crippen LogP contribution in [0.1, 0.15) is 6.42 Å². The molecule has 1 fully saturated rings. The minimum Gasteiger partial charge on any atom is -0.508 e. The molecule has 1 aliphatic rings. The van der Waals surface area contributed by atoms with Crippen molar-refractivity contribution in [3.63, 3.8) is 0 Å². The smallest absolute Gasteiger partial charge is 0.214 e. The van der Waals surface area contributed by atoms with Gasteiger partial charge in [0.1, 0.15) is 10.1 Å². The number of hydrogen-bond donors (Lipinski definition) is 1. The van der Waals surface area contributed by atoms with Crippen molar-refractivity contribution in [2.75, 3.05) is 5.75 Å². The number of phenols is 1. The molecule has 8 heteroatoms. The zero-order valence-corrected chi connectivity index (χ0v) is 12.0. The highest BCUT2D eigenvalue weighted by atomic mass is 35.5. The van der Waals surface area contributed by atoms with Gasteiger partial charge in [0.15, 0.2) is 0 Å². The summed E-state index contributed by atoms with van der Waals surface area (Å²) < 4.78 is 1.04. The predicted octanol–water partition coefficient (Wildman–Crippen LogP) is 2.65. The summed E-state index contributed by atoms with van der Waals surface area (Å²) in [6, 6.07) is 6.68. The second-order valence-electron chi connectivity index (χ2n) is 4.36. The predicted molar refractivity (Wildman–Crippen MR) is 74.1 cm³/mol. The number of aromatic nitrogens is 4. The van der Waals surface area contributed by atoms with Gasteiger partial charge in [-0.05, 0) is 41.1 Å². The Balaban J connectivity index is 1.73. The van der Waals surface area contributed by atoms with E-state index in [4.69, 9.17) is 23.2 Å². The third-order valence-corrected chi connectivity index (χ3v) is 4.91. The molecular formula is C11H10Cl2N4OS. The third-order valence-electron chi connectivity index (χ3n) is 2.90. The van der Waals surface area contributed by atoms with Gasteiger partial charge in [-0.3, -0.25) is 0 Å². The quantitative estimate of drug-likeness (QED) is 0.694. The van der Waals surface area contributed by atoms with Gasteiger partial charge < -0.3 is 5.11 Å². The second kappa shape index (κ2) is 4.85. The van der Waals surface area contributed by atoms with Crippen molar-refractivity contribution in [3.05, 3.63) is 24.3 Å². The van der Waals surface area contributed by atoms with Gasteiger partial charge in [-0.2, -0.15) is 4.68 Å². The number of halogens is 2. The van der Waals surface area contributed by atoms with Crippen LogP contribution in [0.2, 0.25) is 0 Å². The van der Waals surface area contributed by atoms with E-state index in [1.807, 2.05) is 0 Å². The molecule has 1 atom stereocenters. The first kappa shape index (κ1) is 13.0. The van der Waals surface area contributed by atoms with Crippen LogP contribution < -0.4 is 0 Å². The zero-order valence-electron chi connectivity index (χ0n) is 9.70. The fourth-order valence-corrected chi connectivity index (χ4v) is 3.47. The molecule has 0 spiro atoms. The Kier molecular flexibility index (Phi) is 3.32. The molecule has 1 heterocycles. The Bertz CT molecular complexity index is 587. The van der Waals surface area contributed by atoms with E-state index in [2.05, 4.69) is 15.5 Å². The molecule has 2 aromatic rings. The first-order valence-electron chi connectivity index (χ1n) is 5.65. The van der Waals surface area contributed by atoms with Gasteiger partial charge in [0.25, 0.3) is 0 Å². The van der Waals surface area contributed by atoms with Crippen molar-refractivity contribution < 1.29 is 5.11 Å². The summed E-state index contributed by atoms with van der Waals surface area (Å²) in [4.78, 5) is 0. The maximum atomic E-state index is 9.27. The maximum Gasteiger partial charge on any atom is 0.214 e. The van der Waals surface area contributed by atoms with Crippen molar-refractivity contribution in [2.24, 2.45) is 5.92 Å². The summed E-state index contributed by atoms with van der Waals surface area (Å²) >= 11 is 13.5. The second-order valence-corrected chi connectivity index (χ2v) is 6.89. The van der Waals surface area contributed by atoms with Crippen molar-refractivity contribution in [1.29, 1.82) is 0 Å². The van der Waals surface area contributed by atoms with E-state index < -0.39 is 4.33 Å². The summed E-state index contributed by atoms with van der Waals surface area (Å²) in [5.74, 6) is 1.27. The van der Waals surface area contributed by atoms with Gasteiger partial charge in [0.05, 0.1) is 5.69 Å². The van der Waals surface area contributed by atoms with E-state index in [0.717, 1.165) is 17.9 Å². The lowest BCUT2D eigenvalue weighted by molar-refractivity contribution is 0.475. The topological polar surface area (TPSA) is 63.8 Å². The molecule has 1 N–H and O–H groups in total. The molecule has 100 valence electrons. The van der Waals surface area contributed by atoms with Gasteiger partial charge in [0, 0.05) is 11.7 Å². The van der Waals surface area contributed by atoms with Crippen LogP contribution in [0.15, 0.2) is 29.4 Å². The molecule has 1 aromatic carbocycles. The van der Waals surface area contributed by atoms with Crippen LogP contribution in [0.25, 0.3) is 5.69 Å². The van der Waals surface area contributed by atoms with Gasteiger partial charge in [-0.1, -0.05) is 11.8 Å². The number of thioether (sulfide) groups is 1. The van der Waals surface area contributed by atoms with Gasteiger partial charge in [0.2, 0.25) is 5.16 Å². The van der Waals surface area contributed by atoms with E-state index in [0.29, 0.717) is 5.16 Å². The van der Waals surface area contributed by atoms with Crippen LogP contribution in [0.3, 0.4) is 0 Å². The van der Waals surface area contributed by atoms with Crippen molar-refractivity contribution in [1.82, 2.24) is 20.2 Å². The average molecular weight is 317 g/mol. The monoisotopic (exact) mass is 316 g/mol. The Morgan fingerprint density at radius 3 is 2.68 bits per heavy atom. The lowest BCUT2D eigenvalue weighted by Crippen LogP contribution is -2.00. The molecule has 19 heavy (non-hydrogen) atoms. The van der Waals surface area contributed by atoms with Gasteiger partial charge in [-0.25, -0.2) is 0 Å². The first-order valence-corrected chi connectivity index (χ1v) is 7.39. The van der Waals surface area contributed by atoms with E-state index in [-0.39, 0.29) is 11.7 Å². The van der Waals surface area contributed by atoms with Crippen LogP contribution in [-0.2, 0) is 0 Å². The number of benzene rings is 1. The normalized spacial score (nSPS) is 20.4. The fourth-order valence-electron chi connectivity index (χ4n) is 1.65. The van der Waals surface area contributed by atoms with Crippen LogP contribution in [0.5, 0.6) is 5.75 Å². The zero-order chi connectivity index (χ0) is 13.5. The molecule has 0 bridgehead atoms. The minimum absolute atomic E-state index is 0.207. The molecule has 0 amide bonds. The number of rotatable bonds is 4. The average Bonchev–Trinajstić information content (AvgIpc) is 2.79. The van der Waals surface area contributed by atoms with Crippen LogP contribution in [0.4, 0.5) is 0 Å². The summed E-state index contributed by atoms with van der Waals surface area (Å²) in [7, 11) is 0. The Morgan fingerprint density at radius 2 is 2.05 bits per heavy atom. The standard InChI is InChI=1S/C11H10Cl2N4OS/c12-11(13)5-7(11)6-19-10-14-15-16-17(10)8-1-3-9(18)4-2-8/h1-4,7,18H,5-6H2/t7-/m1/s1. The molecule has 1 aliphatic carbocycles. The summed E-state index contributed by atoms with van der Waals surface area (Å²) in [6.07, 6.45) is 0.809. The summed E-state index contributed by atoms with van der Waals surface area (Å²) in [5, 5.41) is 21.5. The minimum atomic E-state index is -0.580. The largest absolute Gasteiger partial charge is 0.508 e. The van der Waals surface area contributed by atoms with E-state index in [9.17, 15) is 5.11 Å². The number of tetrazole rings is 1. The van der Waals surface area contributed by atoms with Crippen LogP contribution in [0, 0.1) is 5.92 Å². The molecule has 0 aliphatic heterocycles. The highest BCUT2D eigenvalue weighted by molar-refractivity contribution is 7.99. The number of alkyl halides is 2. The molecule has 0 saturated heterocycles. The van der Waals surface area contributed by atoms with Crippen LogP contribution >= 0.6 is 35.0 Å². The molecule has 0 radical (unpaired) electrons. The Labute approximate surface area is 123 Å². The fraction of sp³-hybridized carbons (Fsp3) is 0.364. The highest BCUT2D eigenvalue weighted by Gasteiger charge is 2.51. The van der Waals surface area contributed by atoms with E-state index >= 15 is 0 Å². The lowest BCUT2D eigenvalue weighted by atomic mass is 10.3. The number of hydrogen-bond acceptors (Lipinski definition) is 5. The van der Waals surface area contributed by atoms with Crippen LogP contribution in [-0.4, -0.2) is 35.4 Å². The van der Waals surface area contributed by atoms with E-state index in [1.54, 1.807) is 28.9 Å². The first-order chi connectivity index (χ1) is 9.06. The molecule has 1 aromatic heterocycles. The molecule has 3 rings (SSSR count). The van der Waals surface area contributed by atoms with Crippen molar-refractivity contribution >= 4 is 35.0 Å². The Hall–Kier alpha value is -0.980. The molecule has 0 unspecified atom stereocenters. The molecule has 1 saturated carbocycles. The Morgan fingerprint density at radius 1 is 1.37 bits per heavy atom. The van der Waals surface area contributed by atoms with Crippen molar-refractivity contribution in [2.45, 2.75) is 15.9 Å². The highest BCUT2D eigenvalue weighted by Crippen LogP contribution is 2.54. The number of aromatic hydroxyl groups is 1. The third kappa shape index (κ3) is 2.80. The van der Waals surface area contributed by atoms with Gasteiger partial charge >= 0.3 is 0 Å². The SMILES string of the molecule is Oc1ccc(-n2nnnc2SC[C@H]2CC2(Cl)Cl)cc1. The maximum absolute atomic E-state index is 9.27. The number of phenolic OH excluding ortho intramolecular Hbond substituents is 1. The molecule has 5 nitrogen and oxygen atoms in total. The summed E-state index contributed by atoms with van der Waals surface area (Å²) in [5.41, 5.74) is 0.795. The molecular weight excluding hydrogens is 307 g/mol. The lowest BCUT2D eigenvalue weighted by Gasteiger charge is -2.04. The van der Waals surface area contributed by atoms with Crippen molar-refractivity contribution in [3.8, 4) is 11.4 Å². The van der Waals surface area contributed by atoms with E-state index in [1.165, 1.54) is 11.8 Å².